The molecule has 0 aliphatic carbocycles. The zero-order chi connectivity index (χ0) is 36.3. The minimum atomic E-state index is -1.86. The molecule has 0 bridgehead atoms. The number of carbonyl (C=O) groups excluding carboxylic acids is 1. The molecule has 0 aliphatic rings. The van der Waals surface area contributed by atoms with Gasteiger partial charge in [0.05, 0.1) is 0 Å². The molecule has 4 aromatic rings. The van der Waals surface area contributed by atoms with Crippen molar-refractivity contribution in [2.75, 3.05) is 0 Å². The predicted molar refractivity (Wildman–Crippen MR) is 207 cm³/mol. The van der Waals surface area contributed by atoms with Gasteiger partial charge in [0.1, 0.15) is 5.94 Å². The number of benzene rings is 2. The number of alkyl halides is 12. The first-order valence-electron chi connectivity index (χ1n) is 12.6. The Bertz CT molecular complexity index is 1680. The molecule has 0 atom stereocenters. The number of hydrogen-bond donors (Lipinski definition) is 0. The minimum absolute atomic E-state index is 0. The first-order chi connectivity index (χ1) is 22.1. The van der Waals surface area contributed by atoms with Crippen LogP contribution in [0.2, 0.25) is 0 Å². The Kier molecular flexibility index (Phi) is 18.9. The van der Waals surface area contributed by atoms with Crippen molar-refractivity contribution < 1.29 is 10.3 Å². The molecule has 8 nitrogen and oxygen atoms in total. The van der Waals surface area contributed by atoms with Crippen molar-refractivity contribution in [2.24, 2.45) is 0 Å². The van der Waals surface area contributed by atoms with Crippen molar-refractivity contribution in [1.29, 1.82) is 0 Å². The van der Waals surface area contributed by atoms with E-state index in [1.54, 1.807) is 24.3 Å². The Hall–Kier alpha value is -1.17. The molecule has 2 aromatic heterocycles. The van der Waals surface area contributed by atoms with Gasteiger partial charge in [0.15, 0.2) is 34.9 Å². The van der Waals surface area contributed by atoms with E-state index < -0.39 is 15.2 Å². The molecule has 49 heavy (non-hydrogen) atoms. The second-order valence-electron chi connectivity index (χ2n) is 8.81. The number of rotatable bonds is 4. The second kappa shape index (κ2) is 20.2. The minimum Gasteiger partial charge on any atom is -0.412 e. The molecule has 262 valence electrons. The highest BCUT2D eigenvalue weighted by molar-refractivity contribution is 6.68. The van der Waals surface area contributed by atoms with Gasteiger partial charge < -0.3 is 5.48 Å². The standard InChI is InChI=1S/C14H9Cl6N3.C13H7Cl6N3.C2H2O.H2O/c1-8-2-4-9(5-3-8)6-7-10-21-11(13(15,16)17)23-12(22-10)14(18,19)20;14-12(15,16)10-20-9(21-11(22-10)13(17,18)19)7-6-8-4-2-1-3-5-8;1-2-3;/h2-7H,1H3;1-7H;1H2;1H2. The van der Waals surface area contributed by atoms with Crippen LogP contribution >= 0.6 is 139 Å². The lowest BCUT2D eigenvalue weighted by atomic mass is 10.1. The quantitative estimate of drug-likeness (QED) is 0.147. The molecule has 0 saturated carbocycles. The molecule has 0 unspecified atom stereocenters. The van der Waals surface area contributed by atoms with Gasteiger partial charge in [0.2, 0.25) is 15.2 Å². The number of aromatic nitrogens is 6. The molecule has 0 amide bonds. The maximum absolute atomic E-state index is 8.57. The maximum Gasteiger partial charge on any atom is 0.250 e. The Balaban J connectivity index is 0.000000446. The van der Waals surface area contributed by atoms with Crippen LogP contribution in [0.5, 0.6) is 0 Å². The summed E-state index contributed by atoms with van der Waals surface area (Å²) >= 11 is 69.6. The van der Waals surface area contributed by atoms with Gasteiger partial charge in [-0.1, -0.05) is 212 Å². The van der Waals surface area contributed by atoms with Crippen LogP contribution in [0.3, 0.4) is 0 Å². The van der Waals surface area contributed by atoms with Crippen LogP contribution in [0.1, 0.15) is 51.6 Å². The summed E-state index contributed by atoms with van der Waals surface area (Å²) in [5.74, 6) is 1.18. The lowest BCUT2D eigenvalue weighted by Crippen LogP contribution is -2.16. The molecular weight excluding hydrogens is 890 g/mol. The van der Waals surface area contributed by atoms with Crippen molar-refractivity contribution in [2.45, 2.75) is 22.1 Å². The number of nitrogens with zero attached hydrogens (tertiary/aromatic N) is 6. The maximum atomic E-state index is 8.57. The van der Waals surface area contributed by atoms with Crippen LogP contribution < -0.4 is 0 Å². The normalized spacial score (nSPS) is 11.9. The summed E-state index contributed by atoms with van der Waals surface area (Å²) in [6.45, 7) is 4.68. The Morgan fingerprint density at radius 3 is 1.08 bits per heavy atom. The summed E-state index contributed by atoms with van der Waals surface area (Å²) in [5, 5.41) is 0. The SMILES string of the molecule is C=C=O.Cc1ccc(C=Cc2nc(C(Cl)(Cl)Cl)nc(C(Cl)(Cl)Cl)n2)cc1.ClC(Cl)(Cl)c1nc(C=Cc2ccccc2)nc(C(Cl)(Cl)Cl)n1.O. The van der Waals surface area contributed by atoms with Crippen molar-refractivity contribution >= 4 is 169 Å². The van der Waals surface area contributed by atoms with E-state index in [1.807, 2.05) is 61.5 Å². The van der Waals surface area contributed by atoms with E-state index in [1.165, 1.54) is 5.94 Å². The summed E-state index contributed by atoms with van der Waals surface area (Å²) in [6, 6.07) is 17.4. The fourth-order valence-electron chi connectivity index (χ4n) is 3.02. The smallest absolute Gasteiger partial charge is 0.250 e. The summed E-state index contributed by atoms with van der Waals surface area (Å²) in [7, 11) is 0. The van der Waals surface area contributed by atoms with Gasteiger partial charge in [-0.05, 0) is 36.8 Å². The van der Waals surface area contributed by atoms with Crippen molar-refractivity contribution in [3.63, 3.8) is 0 Å². The monoisotopic (exact) mass is 904 g/mol. The van der Waals surface area contributed by atoms with Gasteiger partial charge >= 0.3 is 0 Å². The molecule has 0 spiro atoms. The number of aryl methyl sites for hydroxylation is 1. The lowest BCUT2D eigenvalue weighted by Gasteiger charge is -2.14. The average molecular weight is 910 g/mol. The average Bonchev–Trinajstić information content (AvgIpc) is 2.99. The second-order valence-corrected chi connectivity index (χ2v) is 17.9. The number of hydrogen-bond acceptors (Lipinski definition) is 7. The first-order valence-corrected chi connectivity index (χ1v) is 17.1. The molecule has 4 rings (SSSR count). The van der Waals surface area contributed by atoms with E-state index in [9.17, 15) is 0 Å². The largest absolute Gasteiger partial charge is 0.412 e. The van der Waals surface area contributed by atoms with Crippen molar-refractivity contribution in [1.82, 2.24) is 29.9 Å². The first kappa shape index (κ1) is 45.9. The molecule has 2 heterocycles. The van der Waals surface area contributed by atoms with Crippen LogP contribution in [-0.4, -0.2) is 41.3 Å². The Morgan fingerprint density at radius 1 is 0.510 bits per heavy atom. The third-order valence-corrected chi connectivity index (χ3v) is 7.07. The van der Waals surface area contributed by atoms with Gasteiger partial charge in [-0.15, -0.1) is 0 Å². The van der Waals surface area contributed by atoms with E-state index in [4.69, 9.17) is 144 Å². The van der Waals surface area contributed by atoms with Crippen LogP contribution in [0.4, 0.5) is 0 Å². The Morgan fingerprint density at radius 2 is 0.796 bits per heavy atom. The molecule has 0 fully saturated rings. The fraction of sp³-hybridized carbons (Fsp3) is 0.172. The highest BCUT2D eigenvalue weighted by Gasteiger charge is 2.34. The third kappa shape index (κ3) is 16.8. The summed E-state index contributed by atoms with van der Waals surface area (Å²) in [4.78, 5) is 32.6. The summed E-state index contributed by atoms with van der Waals surface area (Å²) in [5.41, 5.74) is 3.04. The fourth-order valence-corrected chi connectivity index (χ4v) is 4.04. The van der Waals surface area contributed by atoms with Gasteiger partial charge in [-0.25, -0.2) is 34.7 Å². The van der Waals surface area contributed by atoms with E-state index in [-0.39, 0.29) is 40.4 Å². The predicted octanol–water partition coefficient (Wildman–Crippen LogP) is 10.9. The van der Waals surface area contributed by atoms with Crippen LogP contribution in [0.25, 0.3) is 24.3 Å². The van der Waals surface area contributed by atoms with Crippen LogP contribution in [0.15, 0.2) is 61.2 Å². The molecule has 20 heteroatoms. The topological polar surface area (TPSA) is 126 Å². The molecule has 0 saturated heterocycles. The van der Waals surface area contributed by atoms with E-state index >= 15 is 0 Å². The molecular formula is C29H20Cl12N6O2. The summed E-state index contributed by atoms with van der Waals surface area (Å²) < 4.78 is -7.44. The lowest BCUT2D eigenvalue weighted by molar-refractivity contribution is 0.569. The summed E-state index contributed by atoms with van der Waals surface area (Å²) in [6.07, 6.45) is 6.79. The van der Waals surface area contributed by atoms with Gasteiger partial charge in [0, 0.05) is 0 Å². The molecule has 2 aromatic carbocycles. The van der Waals surface area contributed by atoms with E-state index in [0.717, 1.165) is 16.7 Å². The molecule has 0 radical (unpaired) electrons. The van der Waals surface area contributed by atoms with Gasteiger partial charge in [-0.3, -0.25) is 0 Å². The third-order valence-electron chi connectivity index (χ3n) is 5.05. The molecule has 0 aliphatic heterocycles. The Labute approximate surface area is 341 Å². The van der Waals surface area contributed by atoms with E-state index in [2.05, 4.69) is 36.5 Å². The van der Waals surface area contributed by atoms with Crippen LogP contribution in [-0.2, 0) is 20.0 Å². The molecule has 2 N–H and O–H groups in total. The highest BCUT2D eigenvalue weighted by Crippen LogP contribution is 2.41. The number of halogens is 12. The zero-order valence-electron chi connectivity index (χ0n) is 24.3. The van der Waals surface area contributed by atoms with Crippen molar-refractivity contribution in [3.8, 4) is 0 Å². The zero-order valence-corrected chi connectivity index (χ0v) is 33.4. The van der Waals surface area contributed by atoms with E-state index in [0.29, 0.717) is 0 Å². The van der Waals surface area contributed by atoms with Crippen molar-refractivity contribution in [3.05, 3.63) is 113 Å². The van der Waals surface area contributed by atoms with Gasteiger partial charge in [-0.2, -0.15) is 0 Å². The highest BCUT2D eigenvalue weighted by atomic mass is 35.6. The van der Waals surface area contributed by atoms with Gasteiger partial charge in [0.25, 0.3) is 0 Å². The van der Waals surface area contributed by atoms with Crippen LogP contribution in [0, 0.1) is 6.92 Å².